The van der Waals surface area contributed by atoms with Crippen LogP contribution in [-0.4, -0.2) is 45.3 Å². The molecule has 0 saturated carbocycles. The van der Waals surface area contributed by atoms with Crippen LogP contribution in [0.25, 0.3) is 0 Å². The summed E-state index contributed by atoms with van der Waals surface area (Å²) in [6.07, 6.45) is 2.93. The highest BCUT2D eigenvalue weighted by molar-refractivity contribution is 5.93. The summed E-state index contributed by atoms with van der Waals surface area (Å²) in [7, 11) is 3.74. The molecule has 24 heavy (non-hydrogen) atoms. The van der Waals surface area contributed by atoms with E-state index in [4.69, 9.17) is 10.5 Å². The fourth-order valence-corrected chi connectivity index (χ4v) is 4.20. The van der Waals surface area contributed by atoms with Gasteiger partial charge in [-0.25, -0.2) is 0 Å². The maximum atomic E-state index is 11.7. The Morgan fingerprint density at radius 2 is 2.04 bits per heavy atom. The Hall–Kier alpha value is -1.43. The molecule has 134 valence electrons. The number of hydrogen-bond acceptors (Lipinski definition) is 4. The molecule has 1 aromatic rings. The summed E-state index contributed by atoms with van der Waals surface area (Å²) >= 11 is 0. The number of ether oxygens (including phenoxy) is 1. The number of benzene rings is 1. The molecule has 0 fully saturated rings. The summed E-state index contributed by atoms with van der Waals surface area (Å²) in [4.78, 5) is 11.7. The van der Waals surface area contributed by atoms with Crippen molar-refractivity contribution in [1.29, 1.82) is 0 Å². The third kappa shape index (κ3) is 3.34. The van der Waals surface area contributed by atoms with Gasteiger partial charge in [0.1, 0.15) is 0 Å². The Balaban J connectivity index is 2.51. The van der Waals surface area contributed by atoms with E-state index in [0.29, 0.717) is 5.56 Å². The molecule has 2 atom stereocenters. The number of hydrogen-bond donors (Lipinski definition) is 3. The number of rotatable bonds is 8. The maximum Gasteiger partial charge on any atom is 0.248 e. The first-order valence-corrected chi connectivity index (χ1v) is 8.88. The Morgan fingerprint density at radius 1 is 1.33 bits per heavy atom. The van der Waals surface area contributed by atoms with Crippen molar-refractivity contribution in [3.05, 3.63) is 34.9 Å². The van der Waals surface area contributed by atoms with E-state index < -0.39 is 0 Å². The van der Waals surface area contributed by atoms with Gasteiger partial charge in [-0.2, -0.15) is 0 Å². The molecule has 1 aliphatic rings. The number of carbonyl (C=O) groups is 1. The number of nitrogens with two attached hydrogens (primary N) is 1. The van der Waals surface area contributed by atoms with Crippen molar-refractivity contribution >= 4 is 5.91 Å². The van der Waals surface area contributed by atoms with Gasteiger partial charge in [-0.1, -0.05) is 19.9 Å². The second-order valence-electron chi connectivity index (χ2n) is 6.61. The van der Waals surface area contributed by atoms with E-state index in [0.717, 1.165) is 32.4 Å². The van der Waals surface area contributed by atoms with Crippen molar-refractivity contribution in [3.63, 3.8) is 0 Å². The van der Waals surface area contributed by atoms with Crippen LogP contribution in [0.4, 0.5) is 0 Å². The van der Waals surface area contributed by atoms with E-state index in [-0.39, 0.29) is 23.5 Å². The fraction of sp³-hybridized carbons (Fsp3) is 0.632. The van der Waals surface area contributed by atoms with Crippen LogP contribution in [-0.2, 0) is 16.6 Å². The van der Waals surface area contributed by atoms with Crippen molar-refractivity contribution in [2.45, 2.75) is 50.7 Å². The van der Waals surface area contributed by atoms with E-state index in [9.17, 15) is 4.79 Å². The van der Waals surface area contributed by atoms with Gasteiger partial charge < -0.3 is 21.1 Å². The Morgan fingerprint density at radius 3 is 2.58 bits per heavy atom. The highest BCUT2D eigenvalue weighted by Gasteiger charge is 2.46. The monoisotopic (exact) mass is 333 g/mol. The number of likely N-dealkylation sites (N-methyl/N-ethyl adjacent to an activating group) is 1. The van der Waals surface area contributed by atoms with Crippen molar-refractivity contribution < 1.29 is 9.53 Å². The highest BCUT2D eigenvalue weighted by Crippen LogP contribution is 2.44. The van der Waals surface area contributed by atoms with E-state index in [2.05, 4.69) is 24.5 Å². The highest BCUT2D eigenvalue weighted by atomic mass is 16.5. The number of fused-ring (bicyclic) bond motifs is 1. The predicted molar refractivity (Wildman–Crippen MR) is 97.4 cm³/mol. The zero-order valence-electron chi connectivity index (χ0n) is 15.3. The summed E-state index contributed by atoms with van der Waals surface area (Å²) in [5.41, 5.74) is 8.56. The van der Waals surface area contributed by atoms with Crippen molar-refractivity contribution in [1.82, 2.24) is 10.6 Å². The van der Waals surface area contributed by atoms with Crippen LogP contribution >= 0.6 is 0 Å². The third-order valence-corrected chi connectivity index (χ3v) is 5.62. The quantitative estimate of drug-likeness (QED) is 0.632. The lowest BCUT2D eigenvalue weighted by molar-refractivity contribution is 0.0248. The van der Waals surface area contributed by atoms with Crippen LogP contribution in [0, 0.1) is 0 Å². The SMILES string of the molecule is CCC1(CC)c2cc(C(N)=O)ccc2C[C@H](OC)[C@H]1NCCNC. The minimum atomic E-state index is -0.368. The minimum Gasteiger partial charge on any atom is -0.379 e. The van der Waals surface area contributed by atoms with Crippen LogP contribution < -0.4 is 16.4 Å². The van der Waals surface area contributed by atoms with E-state index in [1.165, 1.54) is 11.1 Å². The molecule has 0 aliphatic heterocycles. The number of primary amides is 1. The molecule has 4 N–H and O–H groups in total. The van der Waals surface area contributed by atoms with Gasteiger partial charge in [0.05, 0.1) is 6.10 Å². The molecule has 5 heteroatoms. The van der Waals surface area contributed by atoms with Crippen LogP contribution in [0.3, 0.4) is 0 Å². The number of carbonyl (C=O) groups excluding carboxylic acids is 1. The van der Waals surface area contributed by atoms with Crippen LogP contribution in [0.1, 0.15) is 48.2 Å². The van der Waals surface area contributed by atoms with E-state index in [1.807, 2.05) is 25.2 Å². The summed E-state index contributed by atoms with van der Waals surface area (Å²) in [6.45, 7) is 6.22. The molecule has 0 saturated heterocycles. The molecule has 0 aromatic heterocycles. The lowest BCUT2D eigenvalue weighted by atomic mass is 9.62. The molecule has 0 spiro atoms. The van der Waals surface area contributed by atoms with E-state index >= 15 is 0 Å². The van der Waals surface area contributed by atoms with Crippen molar-refractivity contribution in [2.75, 3.05) is 27.2 Å². The molecule has 0 radical (unpaired) electrons. The Bertz CT molecular complexity index is 570. The van der Waals surface area contributed by atoms with Gasteiger partial charge in [0.2, 0.25) is 5.91 Å². The van der Waals surface area contributed by atoms with Crippen LogP contribution in [0.2, 0.25) is 0 Å². The molecular formula is C19H31N3O2. The van der Waals surface area contributed by atoms with Gasteiger partial charge in [0.25, 0.3) is 0 Å². The Labute approximate surface area is 145 Å². The lowest BCUT2D eigenvalue weighted by Gasteiger charge is -2.49. The smallest absolute Gasteiger partial charge is 0.248 e. The first-order valence-electron chi connectivity index (χ1n) is 8.88. The molecule has 0 bridgehead atoms. The van der Waals surface area contributed by atoms with Gasteiger partial charge in [0, 0.05) is 43.6 Å². The number of nitrogens with one attached hydrogen (secondary N) is 2. The minimum absolute atomic E-state index is 0.0620. The molecular weight excluding hydrogens is 302 g/mol. The topological polar surface area (TPSA) is 76.4 Å². The first-order chi connectivity index (χ1) is 11.5. The standard InChI is InChI=1S/C19H31N3O2/c1-5-19(6-2)15-11-14(18(20)23)8-7-13(15)12-16(24-4)17(19)22-10-9-21-3/h7-8,11,16-17,21-22H,5-6,9-10,12H2,1-4H3,(H2,20,23)/t16-,17+/m0/s1. The molecule has 0 unspecified atom stereocenters. The summed E-state index contributed by atoms with van der Waals surface area (Å²) in [5.74, 6) is -0.368. The average molecular weight is 333 g/mol. The second kappa shape index (κ2) is 8.10. The zero-order valence-corrected chi connectivity index (χ0v) is 15.3. The summed E-state index contributed by atoms with van der Waals surface area (Å²) in [6, 6.07) is 6.09. The van der Waals surface area contributed by atoms with Crippen molar-refractivity contribution in [2.24, 2.45) is 5.73 Å². The summed E-state index contributed by atoms with van der Waals surface area (Å²) < 4.78 is 5.85. The fourth-order valence-electron chi connectivity index (χ4n) is 4.20. The Kier molecular flexibility index (Phi) is 6.38. The molecule has 2 rings (SSSR count). The molecule has 0 heterocycles. The lowest BCUT2D eigenvalue weighted by Crippen LogP contribution is -2.59. The third-order valence-electron chi connectivity index (χ3n) is 5.62. The molecule has 1 aliphatic carbocycles. The molecule has 1 amide bonds. The molecule has 5 nitrogen and oxygen atoms in total. The van der Waals surface area contributed by atoms with Gasteiger partial charge in [-0.3, -0.25) is 4.79 Å². The first kappa shape index (κ1) is 18.9. The number of methoxy groups -OCH3 is 1. The number of amides is 1. The van der Waals surface area contributed by atoms with Crippen molar-refractivity contribution in [3.8, 4) is 0 Å². The van der Waals surface area contributed by atoms with Gasteiger partial charge in [-0.05, 0) is 43.1 Å². The predicted octanol–water partition coefficient (Wildman–Crippen LogP) is 1.59. The normalized spacial score (nSPS) is 22.2. The van der Waals surface area contributed by atoms with Gasteiger partial charge in [-0.15, -0.1) is 0 Å². The van der Waals surface area contributed by atoms with Gasteiger partial charge >= 0.3 is 0 Å². The average Bonchev–Trinajstić information content (AvgIpc) is 2.60. The summed E-state index contributed by atoms with van der Waals surface area (Å²) in [5, 5.41) is 6.88. The second-order valence-corrected chi connectivity index (χ2v) is 6.61. The van der Waals surface area contributed by atoms with Crippen LogP contribution in [0.15, 0.2) is 18.2 Å². The molecule has 1 aromatic carbocycles. The largest absolute Gasteiger partial charge is 0.379 e. The van der Waals surface area contributed by atoms with Gasteiger partial charge in [0.15, 0.2) is 0 Å². The van der Waals surface area contributed by atoms with E-state index in [1.54, 1.807) is 7.11 Å². The maximum absolute atomic E-state index is 11.7. The zero-order chi connectivity index (χ0) is 17.7. The van der Waals surface area contributed by atoms with Crippen LogP contribution in [0.5, 0.6) is 0 Å².